The first kappa shape index (κ1) is 12.4. The highest BCUT2D eigenvalue weighted by Gasteiger charge is 2.19. The summed E-state index contributed by atoms with van der Waals surface area (Å²) in [6.07, 6.45) is 0.448. The average Bonchev–Trinajstić information content (AvgIpc) is 1.64. The van der Waals surface area contributed by atoms with E-state index in [0.29, 0.717) is 6.42 Å². The molecule has 0 saturated carbocycles. The molecule has 0 saturated heterocycles. The second-order valence-corrected chi connectivity index (χ2v) is 3.33. The van der Waals surface area contributed by atoms with Gasteiger partial charge in [-0.3, -0.25) is 0 Å². The highest BCUT2D eigenvalue weighted by molar-refractivity contribution is 5.85. The Hall–Kier alpha value is -0.260. The van der Waals surface area contributed by atoms with E-state index >= 15 is 0 Å². The Morgan fingerprint density at radius 3 is 2.00 bits per heavy atom. The number of hydrogen-bond donors (Lipinski definition) is 1. The number of hydrogen-bond acceptors (Lipinski definition) is 2. The SMILES string of the molecule is CC(C)(C)C(N)CC#N.Cl. The first-order chi connectivity index (χ1) is 3.98. The summed E-state index contributed by atoms with van der Waals surface area (Å²) in [7, 11) is 0. The molecule has 0 amide bonds. The van der Waals surface area contributed by atoms with Crippen molar-refractivity contribution in [3.05, 3.63) is 0 Å². The van der Waals surface area contributed by atoms with Gasteiger partial charge in [0.25, 0.3) is 0 Å². The van der Waals surface area contributed by atoms with Crippen LogP contribution in [0.5, 0.6) is 0 Å². The molecule has 0 fully saturated rings. The van der Waals surface area contributed by atoms with E-state index < -0.39 is 0 Å². The summed E-state index contributed by atoms with van der Waals surface area (Å²) in [5.74, 6) is 0. The molecule has 0 aliphatic rings. The summed E-state index contributed by atoms with van der Waals surface area (Å²) in [5, 5.41) is 8.27. The zero-order valence-electron chi connectivity index (χ0n) is 6.72. The molecule has 0 rings (SSSR count). The maximum atomic E-state index is 8.27. The summed E-state index contributed by atoms with van der Waals surface area (Å²) in [4.78, 5) is 0. The summed E-state index contributed by atoms with van der Waals surface area (Å²) in [6.45, 7) is 6.11. The second kappa shape index (κ2) is 4.54. The van der Waals surface area contributed by atoms with Crippen molar-refractivity contribution in [2.45, 2.75) is 33.2 Å². The Kier molecular flexibility index (Phi) is 5.64. The normalized spacial score (nSPS) is 13.1. The summed E-state index contributed by atoms with van der Waals surface area (Å²) in [5.41, 5.74) is 5.70. The molecule has 0 spiro atoms. The number of rotatable bonds is 1. The minimum Gasteiger partial charge on any atom is -0.326 e. The van der Waals surface area contributed by atoms with E-state index in [1.807, 2.05) is 26.8 Å². The molecule has 0 bridgehead atoms. The van der Waals surface area contributed by atoms with Crippen LogP contribution in [0.4, 0.5) is 0 Å². The molecule has 0 heterocycles. The Morgan fingerprint density at radius 1 is 1.50 bits per heavy atom. The Morgan fingerprint density at radius 2 is 1.90 bits per heavy atom. The predicted octanol–water partition coefficient (Wildman–Crippen LogP) is 1.70. The molecule has 2 N–H and O–H groups in total. The zero-order valence-corrected chi connectivity index (χ0v) is 7.53. The van der Waals surface area contributed by atoms with E-state index in [9.17, 15) is 0 Å². The molecule has 1 atom stereocenters. The quantitative estimate of drug-likeness (QED) is 0.638. The van der Waals surface area contributed by atoms with Gasteiger partial charge in [-0.2, -0.15) is 5.26 Å². The van der Waals surface area contributed by atoms with Gasteiger partial charge in [0.05, 0.1) is 12.5 Å². The Balaban J connectivity index is 0. The third-order valence-corrected chi connectivity index (χ3v) is 1.42. The van der Waals surface area contributed by atoms with Gasteiger partial charge >= 0.3 is 0 Å². The molecule has 1 unspecified atom stereocenters. The zero-order chi connectivity index (χ0) is 7.49. The van der Waals surface area contributed by atoms with Crippen LogP contribution in [0.2, 0.25) is 0 Å². The van der Waals surface area contributed by atoms with Crippen molar-refractivity contribution in [2.75, 3.05) is 0 Å². The van der Waals surface area contributed by atoms with Crippen molar-refractivity contribution in [1.82, 2.24) is 0 Å². The smallest absolute Gasteiger partial charge is 0.0638 e. The van der Waals surface area contributed by atoms with Crippen molar-refractivity contribution in [1.29, 1.82) is 5.26 Å². The second-order valence-electron chi connectivity index (χ2n) is 3.33. The topological polar surface area (TPSA) is 49.8 Å². The van der Waals surface area contributed by atoms with E-state index in [-0.39, 0.29) is 23.9 Å². The molecule has 60 valence electrons. The van der Waals surface area contributed by atoms with Crippen LogP contribution in [0.15, 0.2) is 0 Å². The van der Waals surface area contributed by atoms with Crippen LogP contribution in [0.3, 0.4) is 0 Å². The van der Waals surface area contributed by atoms with Crippen molar-refractivity contribution in [2.24, 2.45) is 11.1 Å². The maximum Gasteiger partial charge on any atom is 0.0638 e. The molecule has 0 aromatic carbocycles. The van der Waals surface area contributed by atoms with Crippen molar-refractivity contribution < 1.29 is 0 Å². The fourth-order valence-electron chi connectivity index (χ4n) is 0.405. The van der Waals surface area contributed by atoms with Crippen LogP contribution < -0.4 is 5.73 Å². The standard InChI is InChI=1S/C7H14N2.ClH/c1-7(2,3)6(9)4-5-8;/h6H,4,9H2,1-3H3;1H. The van der Waals surface area contributed by atoms with E-state index in [4.69, 9.17) is 11.0 Å². The predicted molar refractivity (Wildman–Crippen MR) is 44.9 cm³/mol. The first-order valence-corrected chi connectivity index (χ1v) is 3.11. The molecule has 0 aromatic rings. The van der Waals surface area contributed by atoms with Crippen LogP contribution in [-0.2, 0) is 0 Å². The minimum absolute atomic E-state index is 0. The summed E-state index contributed by atoms with van der Waals surface area (Å²) < 4.78 is 0. The number of nitriles is 1. The lowest BCUT2D eigenvalue weighted by atomic mass is 9.86. The van der Waals surface area contributed by atoms with E-state index in [1.165, 1.54) is 0 Å². The minimum atomic E-state index is 0. The van der Waals surface area contributed by atoms with Gasteiger partial charge < -0.3 is 5.73 Å². The number of halogens is 1. The van der Waals surface area contributed by atoms with Gasteiger partial charge in [0.15, 0.2) is 0 Å². The van der Waals surface area contributed by atoms with E-state index in [2.05, 4.69) is 0 Å². The molecule has 0 radical (unpaired) electrons. The third kappa shape index (κ3) is 4.60. The van der Waals surface area contributed by atoms with Crippen molar-refractivity contribution in [3.8, 4) is 6.07 Å². The van der Waals surface area contributed by atoms with Crippen LogP contribution in [-0.4, -0.2) is 6.04 Å². The van der Waals surface area contributed by atoms with Gasteiger partial charge in [0.1, 0.15) is 0 Å². The van der Waals surface area contributed by atoms with Gasteiger partial charge in [-0.1, -0.05) is 20.8 Å². The van der Waals surface area contributed by atoms with Crippen LogP contribution in [0, 0.1) is 16.7 Å². The molecule has 3 heteroatoms. The third-order valence-electron chi connectivity index (χ3n) is 1.42. The molecule has 10 heavy (non-hydrogen) atoms. The maximum absolute atomic E-state index is 8.27. The molecule has 0 aromatic heterocycles. The molecule has 0 aliphatic heterocycles. The summed E-state index contributed by atoms with van der Waals surface area (Å²) >= 11 is 0. The van der Waals surface area contributed by atoms with Crippen molar-refractivity contribution in [3.63, 3.8) is 0 Å². The Bertz CT molecular complexity index is 121. The molecule has 2 nitrogen and oxygen atoms in total. The largest absolute Gasteiger partial charge is 0.326 e. The summed E-state index contributed by atoms with van der Waals surface area (Å²) in [6, 6.07) is 2.05. The highest BCUT2D eigenvalue weighted by atomic mass is 35.5. The van der Waals surface area contributed by atoms with E-state index in [1.54, 1.807) is 0 Å². The van der Waals surface area contributed by atoms with Gasteiger partial charge in [-0.25, -0.2) is 0 Å². The molecule has 0 aliphatic carbocycles. The van der Waals surface area contributed by atoms with Gasteiger partial charge in [-0.15, -0.1) is 12.4 Å². The highest BCUT2D eigenvalue weighted by Crippen LogP contribution is 2.18. The van der Waals surface area contributed by atoms with E-state index in [0.717, 1.165) is 0 Å². The lowest BCUT2D eigenvalue weighted by molar-refractivity contribution is 0.324. The van der Waals surface area contributed by atoms with Crippen LogP contribution >= 0.6 is 12.4 Å². The Labute approximate surface area is 68.8 Å². The van der Waals surface area contributed by atoms with Crippen LogP contribution in [0.1, 0.15) is 27.2 Å². The first-order valence-electron chi connectivity index (χ1n) is 3.11. The number of nitrogens with zero attached hydrogens (tertiary/aromatic N) is 1. The average molecular weight is 163 g/mol. The lowest BCUT2D eigenvalue weighted by Gasteiger charge is -2.24. The number of nitrogens with two attached hydrogens (primary N) is 1. The van der Waals surface area contributed by atoms with Gasteiger partial charge in [-0.05, 0) is 5.41 Å². The van der Waals surface area contributed by atoms with Crippen molar-refractivity contribution >= 4 is 12.4 Å². The fourth-order valence-corrected chi connectivity index (χ4v) is 0.405. The molecular formula is C7H15ClN2. The van der Waals surface area contributed by atoms with Crippen LogP contribution in [0.25, 0.3) is 0 Å². The molecular weight excluding hydrogens is 148 g/mol. The monoisotopic (exact) mass is 162 g/mol. The van der Waals surface area contributed by atoms with Gasteiger partial charge in [0.2, 0.25) is 0 Å². The fraction of sp³-hybridized carbons (Fsp3) is 0.857. The van der Waals surface area contributed by atoms with Gasteiger partial charge in [0, 0.05) is 6.04 Å². The lowest BCUT2D eigenvalue weighted by Crippen LogP contribution is -2.34.